The Morgan fingerprint density at radius 1 is 1.03 bits per heavy atom. The number of amides is 2. The third-order valence-electron chi connectivity index (χ3n) is 5.97. The van der Waals surface area contributed by atoms with Crippen LogP contribution < -0.4 is 10.6 Å². The number of hydrogen-bond donors (Lipinski definition) is 2. The van der Waals surface area contributed by atoms with Crippen LogP contribution in [0.5, 0.6) is 0 Å². The van der Waals surface area contributed by atoms with E-state index in [4.69, 9.17) is 9.31 Å². The summed E-state index contributed by atoms with van der Waals surface area (Å²) in [6.45, 7) is 6.85. The largest absolute Gasteiger partial charge is 0.480 e. The van der Waals surface area contributed by atoms with Crippen LogP contribution in [0, 0.1) is 5.92 Å². The van der Waals surface area contributed by atoms with Gasteiger partial charge in [0.1, 0.15) is 6.04 Å². The van der Waals surface area contributed by atoms with Gasteiger partial charge in [-0.3, -0.25) is 9.59 Å². The van der Waals surface area contributed by atoms with Gasteiger partial charge in [0.25, 0.3) is 5.91 Å². The summed E-state index contributed by atoms with van der Waals surface area (Å²) in [5, 5.41) is 6.09. The standard InChI is InChI=1S/C26H34BBr2N3O4/c1-18(2)15-24(27-35-13-11-32(3)12-14-36-27)31-26(34)23(16-19-7-5-4-6-8-19)30-25(33)21-17-20(28)9-10-22(21)29/h4-10,17-18,23-24H,11-16H2,1-3H3,(H,30,33)(H,31,34)/t23?,24-/m0/s1. The molecule has 0 aliphatic carbocycles. The van der Waals surface area contributed by atoms with Gasteiger partial charge in [0.05, 0.1) is 11.5 Å². The zero-order chi connectivity index (χ0) is 26.1. The molecule has 1 fully saturated rings. The number of nitrogens with one attached hydrogen (secondary N) is 2. The van der Waals surface area contributed by atoms with Gasteiger partial charge >= 0.3 is 7.12 Å². The van der Waals surface area contributed by atoms with Crippen molar-refractivity contribution in [3.63, 3.8) is 0 Å². The highest BCUT2D eigenvalue weighted by atomic mass is 79.9. The second-order valence-electron chi connectivity index (χ2n) is 9.50. The van der Waals surface area contributed by atoms with E-state index in [1.807, 2.05) is 43.4 Å². The molecule has 1 saturated heterocycles. The van der Waals surface area contributed by atoms with Crippen molar-refractivity contribution >= 4 is 50.8 Å². The lowest BCUT2D eigenvalue weighted by Gasteiger charge is -2.31. The normalized spacial score (nSPS) is 16.7. The highest BCUT2D eigenvalue weighted by molar-refractivity contribution is 9.11. The topological polar surface area (TPSA) is 79.9 Å². The van der Waals surface area contributed by atoms with E-state index >= 15 is 0 Å². The average Bonchev–Trinajstić information content (AvgIpc) is 2.82. The summed E-state index contributed by atoms with van der Waals surface area (Å²) in [7, 11) is 1.48. The highest BCUT2D eigenvalue weighted by Crippen LogP contribution is 2.22. The van der Waals surface area contributed by atoms with Gasteiger partial charge in [0.2, 0.25) is 5.91 Å². The van der Waals surface area contributed by atoms with Crippen molar-refractivity contribution in [2.75, 3.05) is 33.4 Å². The molecular formula is C26H34BBr2N3O4. The monoisotopic (exact) mass is 621 g/mol. The first-order valence-electron chi connectivity index (χ1n) is 12.2. The molecule has 1 aliphatic rings. The molecule has 0 aromatic heterocycles. The molecule has 0 radical (unpaired) electrons. The number of likely N-dealkylation sites (N-methyl/N-ethyl adjacent to an activating group) is 1. The van der Waals surface area contributed by atoms with Crippen LogP contribution in [0.2, 0.25) is 0 Å². The van der Waals surface area contributed by atoms with Crippen molar-refractivity contribution in [3.8, 4) is 0 Å². The van der Waals surface area contributed by atoms with E-state index in [9.17, 15) is 9.59 Å². The van der Waals surface area contributed by atoms with Gasteiger partial charge in [0.15, 0.2) is 0 Å². The van der Waals surface area contributed by atoms with Gasteiger partial charge < -0.3 is 24.8 Å². The molecule has 2 atom stereocenters. The molecule has 194 valence electrons. The molecule has 2 aromatic carbocycles. The first-order chi connectivity index (χ1) is 17.2. The maximum absolute atomic E-state index is 13.6. The number of benzene rings is 2. The predicted molar refractivity (Wildman–Crippen MR) is 150 cm³/mol. The molecule has 0 saturated carbocycles. The van der Waals surface area contributed by atoms with Crippen LogP contribution >= 0.6 is 31.9 Å². The molecule has 0 bridgehead atoms. The van der Waals surface area contributed by atoms with Crippen LogP contribution in [0.3, 0.4) is 0 Å². The lowest BCUT2D eigenvalue weighted by Crippen LogP contribution is -2.57. The van der Waals surface area contributed by atoms with Gasteiger partial charge in [-0.2, -0.15) is 0 Å². The Morgan fingerprint density at radius 2 is 1.69 bits per heavy atom. The molecule has 0 spiro atoms. The molecule has 2 aromatic rings. The predicted octanol–water partition coefficient (Wildman–Crippen LogP) is 4.09. The summed E-state index contributed by atoms with van der Waals surface area (Å²) < 4.78 is 13.5. The zero-order valence-corrected chi connectivity index (χ0v) is 24.2. The minimum atomic E-state index is -0.778. The van der Waals surface area contributed by atoms with E-state index in [0.717, 1.165) is 23.1 Å². The average molecular weight is 623 g/mol. The Kier molecular flexibility index (Phi) is 11.4. The minimum absolute atomic E-state index is 0.268. The fourth-order valence-electron chi connectivity index (χ4n) is 4.04. The van der Waals surface area contributed by atoms with Crippen molar-refractivity contribution in [1.82, 2.24) is 15.5 Å². The maximum Gasteiger partial charge on any atom is 0.480 e. The molecule has 1 aliphatic heterocycles. The van der Waals surface area contributed by atoms with Gasteiger partial charge in [0, 0.05) is 41.7 Å². The number of hydrogen-bond acceptors (Lipinski definition) is 5. The van der Waals surface area contributed by atoms with Crippen molar-refractivity contribution in [1.29, 1.82) is 0 Å². The first kappa shape index (κ1) is 28.9. The van der Waals surface area contributed by atoms with Gasteiger partial charge in [-0.1, -0.05) is 60.1 Å². The molecule has 2 N–H and O–H groups in total. The third kappa shape index (κ3) is 8.99. The molecule has 2 amide bonds. The first-order valence-corrected chi connectivity index (χ1v) is 13.8. The maximum atomic E-state index is 13.6. The summed E-state index contributed by atoms with van der Waals surface area (Å²) in [5.74, 6) is -0.624. The van der Waals surface area contributed by atoms with Crippen LogP contribution in [0.15, 0.2) is 57.5 Å². The third-order valence-corrected chi connectivity index (χ3v) is 7.15. The van der Waals surface area contributed by atoms with E-state index in [0.29, 0.717) is 42.0 Å². The van der Waals surface area contributed by atoms with E-state index < -0.39 is 13.2 Å². The Balaban J connectivity index is 1.80. The van der Waals surface area contributed by atoms with Crippen molar-refractivity contribution in [2.45, 2.75) is 38.7 Å². The lowest BCUT2D eigenvalue weighted by molar-refractivity contribution is -0.123. The van der Waals surface area contributed by atoms with Crippen LogP contribution in [-0.2, 0) is 20.5 Å². The molecule has 1 heterocycles. The second kappa shape index (κ2) is 14.3. The fourth-order valence-corrected chi connectivity index (χ4v) is 4.83. The van der Waals surface area contributed by atoms with E-state index in [1.165, 1.54) is 0 Å². The van der Waals surface area contributed by atoms with Gasteiger partial charge in [-0.05, 0) is 59.1 Å². The smallest absolute Gasteiger partial charge is 0.408 e. The van der Waals surface area contributed by atoms with Crippen LogP contribution in [0.1, 0.15) is 36.2 Å². The summed E-state index contributed by atoms with van der Waals surface area (Å²) in [6.07, 6.45) is 1.05. The summed E-state index contributed by atoms with van der Waals surface area (Å²) in [4.78, 5) is 29.0. The summed E-state index contributed by atoms with van der Waals surface area (Å²) in [5.41, 5.74) is 1.40. The van der Waals surface area contributed by atoms with Gasteiger partial charge in [-0.15, -0.1) is 0 Å². The molecule has 36 heavy (non-hydrogen) atoms. The van der Waals surface area contributed by atoms with Crippen molar-refractivity contribution in [2.24, 2.45) is 5.92 Å². The molecule has 1 unspecified atom stereocenters. The Bertz CT molecular complexity index is 1000. The SMILES string of the molecule is CC(C)C[C@H](NC(=O)C(Cc1ccccc1)NC(=O)c1cc(Br)ccc1Br)B1OCCN(C)CCO1. The Morgan fingerprint density at radius 3 is 2.33 bits per heavy atom. The lowest BCUT2D eigenvalue weighted by atomic mass is 9.73. The van der Waals surface area contributed by atoms with Crippen LogP contribution in [0.4, 0.5) is 0 Å². The minimum Gasteiger partial charge on any atom is -0.408 e. The van der Waals surface area contributed by atoms with Crippen molar-refractivity contribution < 1.29 is 18.9 Å². The number of halogens is 2. The summed E-state index contributed by atoms with van der Waals surface area (Å²) >= 11 is 6.86. The summed E-state index contributed by atoms with van der Waals surface area (Å²) in [6, 6.07) is 14.3. The fraction of sp³-hybridized carbons (Fsp3) is 0.462. The molecule has 10 heteroatoms. The van der Waals surface area contributed by atoms with E-state index in [-0.39, 0.29) is 17.8 Å². The molecular weight excluding hydrogens is 589 g/mol. The Labute approximate surface area is 231 Å². The van der Waals surface area contributed by atoms with E-state index in [2.05, 4.69) is 61.2 Å². The number of carbonyl (C=O) groups excluding carboxylic acids is 2. The second-order valence-corrected chi connectivity index (χ2v) is 11.3. The zero-order valence-electron chi connectivity index (χ0n) is 21.0. The number of carbonyl (C=O) groups is 2. The quantitative estimate of drug-likeness (QED) is 0.412. The van der Waals surface area contributed by atoms with Gasteiger partial charge in [-0.25, -0.2) is 0 Å². The highest BCUT2D eigenvalue weighted by Gasteiger charge is 2.35. The molecule has 3 rings (SSSR count). The van der Waals surface area contributed by atoms with Crippen LogP contribution in [0.25, 0.3) is 0 Å². The van der Waals surface area contributed by atoms with Crippen LogP contribution in [-0.4, -0.2) is 69.2 Å². The van der Waals surface area contributed by atoms with E-state index in [1.54, 1.807) is 12.1 Å². The van der Waals surface area contributed by atoms with Crippen molar-refractivity contribution in [3.05, 3.63) is 68.6 Å². The number of rotatable bonds is 9. The Hall–Kier alpha value is -1.72. The number of nitrogens with zero attached hydrogens (tertiary/aromatic N) is 1. The molecule has 7 nitrogen and oxygen atoms in total.